The summed E-state index contributed by atoms with van der Waals surface area (Å²) in [4.78, 5) is 12.0. The maximum Gasteiger partial charge on any atom is 0.140 e. The van der Waals surface area contributed by atoms with Gasteiger partial charge in [0, 0.05) is 55.7 Å². The van der Waals surface area contributed by atoms with Gasteiger partial charge in [-0.05, 0) is 60.8 Å². The van der Waals surface area contributed by atoms with Crippen molar-refractivity contribution in [3.63, 3.8) is 0 Å². The molecule has 4 aromatic rings. The number of rotatable bonds is 6. The molecule has 3 aliphatic heterocycles. The number of hydrogen-bond acceptors (Lipinski definition) is 6. The van der Waals surface area contributed by atoms with Crippen molar-refractivity contribution in [2.45, 2.75) is 38.4 Å². The molecule has 1 atom stereocenters. The van der Waals surface area contributed by atoms with E-state index < -0.39 is 0 Å². The molecule has 0 saturated carbocycles. The number of imidazole rings is 1. The lowest BCUT2D eigenvalue weighted by Crippen LogP contribution is -2.37. The van der Waals surface area contributed by atoms with Crippen molar-refractivity contribution in [3.05, 3.63) is 77.0 Å². The minimum Gasteiger partial charge on any atom is -0.381 e. The van der Waals surface area contributed by atoms with Crippen LogP contribution in [0.15, 0.2) is 48.8 Å². The average molecular weight is 485 g/mol. The molecule has 3 aliphatic rings. The van der Waals surface area contributed by atoms with E-state index in [0.717, 1.165) is 75.1 Å². The van der Waals surface area contributed by atoms with Crippen LogP contribution in [0.4, 0.5) is 15.9 Å². The zero-order chi connectivity index (χ0) is 24.1. The van der Waals surface area contributed by atoms with E-state index in [9.17, 15) is 4.39 Å². The lowest BCUT2D eigenvalue weighted by Gasteiger charge is -2.31. The van der Waals surface area contributed by atoms with Crippen LogP contribution >= 0.6 is 0 Å². The van der Waals surface area contributed by atoms with E-state index in [1.165, 1.54) is 40.9 Å². The molecular formula is C28H29FN6O. The summed E-state index contributed by atoms with van der Waals surface area (Å²) < 4.78 is 21.3. The van der Waals surface area contributed by atoms with Gasteiger partial charge in [0.15, 0.2) is 0 Å². The largest absolute Gasteiger partial charge is 0.381 e. The second kappa shape index (κ2) is 8.96. The normalized spacial score (nSPS) is 19.5. The van der Waals surface area contributed by atoms with E-state index >= 15 is 0 Å². The van der Waals surface area contributed by atoms with Gasteiger partial charge in [0.05, 0.1) is 24.2 Å². The molecule has 6 heterocycles. The predicted octanol–water partition coefficient (Wildman–Crippen LogP) is 4.59. The van der Waals surface area contributed by atoms with Gasteiger partial charge < -0.3 is 15.4 Å². The fourth-order valence-corrected chi connectivity index (χ4v) is 5.67. The lowest BCUT2D eigenvalue weighted by molar-refractivity contribution is 0.169. The highest BCUT2D eigenvalue weighted by Crippen LogP contribution is 2.36. The van der Waals surface area contributed by atoms with Crippen LogP contribution in [0.3, 0.4) is 0 Å². The lowest BCUT2D eigenvalue weighted by atomic mass is 9.96. The van der Waals surface area contributed by atoms with Crippen molar-refractivity contribution >= 4 is 17.2 Å². The predicted molar refractivity (Wildman–Crippen MR) is 137 cm³/mol. The fraction of sp³-hybridized carbons (Fsp3) is 0.357. The van der Waals surface area contributed by atoms with Crippen molar-refractivity contribution in [3.8, 4) is 11.3 Å². The standard InChI is InChI=1S/C28H29FN6O/c29-19-6-10-35-26(15-31-28(35)12-19)21-2-4-24(23-14-30-13-22(21)23)32-27-5-3-20(18-7-11-36-17-18)25(33-27)16-34-8-1-9-34/h2-6,10,12,15,18,30H,1,7-9,11,13-14,16-17H2,(H,32,33)/t18-/m0/s1. The minimum atomic E-state index is -0.279. The molecule has 0 amide bonds. The molecule has 0 unspecified atom stereocenters. The molecule has 36 heavy (non-hydrogen) atoms. The Morgan fingerprint density at radius 3 is 2.86 bits per heavy atom. The molecule has 7 nitrogen and oxygen atoms in total. The van der Waals surface area contributed by atoms with Gasteiger partial charge in [-0.25, -0.2) is 14.4 Å². The quantitative estimate of drug-likeness (QED) is 0.417. The van der Waals surface area contributed by atoms with E-state index in [0.29, 0.717) is 11.6 Å². The minimum absolute atomic E-state index is 0.279. The van der Waals surface area contributed by atoms with Crippen molar-refractivity contribution in [2.75, 3.05) is 31.6 Å². The number of ether oxygens (including phenoxy) is 1. The monoisotopic (exact) mass is 484 g/mol. The van der Waals surface area contributed by atoms with E-state index in [1.54, 1.807) is 6.20 Å². The van der Waals surface area contributed by atoms with Crippen LogP contribution < -0.4 is 10.6 Å². The second-order valence-corrected chi connectivity index (χ2v) is 9.99. The number of fused-ring (bicyclic) bond motifs is 2. The summed E-state index contributed by atoms with van der Waals surface area (Å²) >= 11 is 0. The Morgan fingerprint density at radius 1 is 1.11 bits per heavy atom. The van der Waals surface area contributed by atoms with E-state index in [-0.39, 0.29) is 5.82 Å². The fourth-order valence-electron chi connectivity index (χ4n) is 5.67. The van der Waals surface area contributed by atoms with Crippen molar-refractivity contribution in [1.82, 2.24) is 24.6 Å². The zero-order valence-corrected chi connectivity index (χ0v) is 20.1. The number of hydrogen-bond donors (Lipinski definition) is 2. The van der Waals surface area contributed by atoms with Gasteiger partial charge >= 0.3 is 0 Å². The highest BCUT2D eigenvalue weighted by Gasteiger charge is 2.25. The molecule has 0 radical (unpaired) electrons. The summed E-state index contributed by atoms with van der Waals surface area (Å²) in [6.07, 6.45) is 5.91. The SMILES string of the molecule is Fc1ccn2c(-c3ccc(Nc4ccc([C@H]5CCOC5)c(CN5CCC5)n4)c4c3CNC4)cnc2c1. The van der Waals surface area contributed by atoms with Crippen LogP contribution in [0, 0.1) is 5.82 Å². The van der Waals surface area contributed by atoms with Crippen LogP contribution in [0.25, 0.3) is 16.9 Å². The summed E-state index contributed by atoms with van der Waals surface area (Å²) in [7, 11) is 0. The number of nitrogens with one attached hydrogen (secondary N) is 2. The number of benzene rings is 1. The first-order chi connectivity index (χ1) is 17.7. The first-order valence-corrected chi connectivity index (χ1v) is 12.8. The Hall–Kier alpha value is -3.33. The number of nitrogens with zero attached hydrogens (tertiary/aromatic N) is 4. The Balaban J connectivity index is 1.22. The summed E-state index contributed by atoms with van der Waals surface area (Å²) in [6.45, 7) is 6.39. The van der Waals surface area contributed by atoms with Crippen LogP contribution in [-0.2, 0) is 24.4 Å². The highest BCUT2D eigenvalue weighted by atomic mass is 19.1. The number of aromatic nitrogens is 3. The van der Waals surface area contributed by atoms with Gasteiger partial charge in [-0.15, -0.1) is 0 Å². The Labute approximate surface area is 209 Å². The molecular weight excluding hydrogens is 455 g/mol. The zero-order valence-electron chi connectivity index (χ0n) is 20.1. The third-order valence-corrected chi connectivity index (χ3v) is 7.75. The van der Waals surface area contributed by atoms with Gasteiger partial charge in [0.2, 0.25) is 0 Å². The molecule has 1 aromatic carbocycles. The molecule has 3 aromatic heterocycles. The first-order valence-electron chi connectivity index (χ1n) is 12.8. The number of halogens is 1. The highest BCUT2D eigenvalue weighted by molar-refractivity contribution is 5.75. The van der Waals surface area contributed by atoms with Gasteiger partial charge in [0.25, 0.3) is 0 Å². The van der Waals surface area contributed by atoms with Crippen molar-refractivity contribution in [2.24, 2.45) is 0 Å². The molecule has 0 spiro atoms. The van der Waals surface area contributed by atoms with E-state index in [4.69, 9.17) is 9.72 Å². The molecule has 184 valence electrons. The molecule has 0 bridgehead atoms. The van der Waals surface area contributed by atoms with Crippen molar-refractivity contribution < 1.29 is 9.13 Å². The number of likely N-dealkylation sites (tertiary alicyclic amines) is 1. The molecule has 0 aliphatic carbocycles. The molecule has 8 heteroatoms. The Bertz CT molecular complexity index is 1440. The molecule has 2 saturated heterocycles. The molecule has 7 rings (SSSR count). The first kappa shape index (κ1) is 21.9. The van der Waals surface area contributed by atoms with Gasteiger partial charge in [-0.2, -0.15) is 0 Å². The Morgan fingerprint density at radius 2 is 2.03 bits per heavy atom. The van der Waals surface area contributed by atoms with Crippen molar-refractivity contribution in [1.29, 1.82) is 0 Å². The van der Waals surface area contributed by atoms with Gasteiger partial charge in [-0.1, -0.05) is 12.1 Å². The maximum atomic E-state index is 13.7. The van der Waals surface area contributed by atoms with Gasteiger partial charge in [0.1, 0.15) is 17.3 Å². The molecule has 2 fully saturated rings. The number of pyridine rings is 2. The smallest absolute Gasteiger partial charge is 0.140 e. The summed E-state index contributed by atoms with van der Waals surface area (Å²) in [5.41, 5.74) is 8.74. The van der Waals surface area contributed by atoms with Crippen LogP contribution in [-0.4, -0.2) is 45.6 Å². The molecule has 2 N–H and O–H groups in total. The third-order valence-electron chi connectivity index (χ3n) is 7.75. The number of anilines is 2. The van der Waals surface area contributed by atoms with Crippen LogP contribution in [0.1, 0.15) is 41.1 Å². The summed E-state index contributed by atoms with van der Waals surface area (Å²) in [5, 5.41) is 7.12. The van der Waals surface area contributed by atoms with E-state index in [2.05, 4.69) is 44.8 Å². The van der Waals surface area contributed by atoms with Crippen LogP contribution in [0.2, 0.25) is 0 Å². The third kappa shape index (κ3) is 3.86. The van der Waals surface area contributed by atoms with Gasteiger partial charge in [-0.3, -0.25) is 9.30 Å². The summed E-state index contributed by atoms with van der Waals surface area (Å²) in [5.74, 6) is 1.04. The van der Waals surface area contributed by atoms with E-state index in [1.807, 2.05) is 10.6 Å². The van der Waals surface area contributed by atoms with Crippen LogP contribution in [0.5, 0.6) is 0 Å². The Kier molecular flexibility index (Phi) is 5.45. The maximum absolute atomic E-state index is 13.7. The second-order valence-electron chi connectivity index (χ2n) is 9.99. The summed E-state index contributed by atoms with van der Waals surface area (Å²) in [6, 6.07) is 11.5. The topological polar surface area (TPSA) is 66.7 Å². The average Bonchev–Trinajstić information content (AvgIpc) is 3.62.